The van der Waals surface area contributed by atoms with Gasteiger partial charge in [-0.25, -0.2) is 4.39 Å². The Labute approximate surface area is 109 Å². The molecule has 0 heterocycles. The van der Waals surface area contributed by atoms with Crippen LogP contribution in [0.15, 0.2) is 18.2 Å². The van der Waals surface area contributed by atoms with Gasteiger partial charge in [0.2, 0.25) is 0 Å². The van der Waals surface area contributed by atoms with Crippen LogP contribution in [0.25, 0.3) is 0 Å². The lowest BCUT2D eigenvalue weighted by Gasteiger charge is -2.23. The first-order valence-corrected chi connectivity index (χ1v) is 6.84. The molecule has 1 aromatic carbocycles. The SMILES string of the molecule is CC(C)CCN(Cc1ccc(N)cc1F)C1CC1. The van der Waals surface area contributed by atoms with Gasteiger partial charge >= 0.3 is 0 Å². The molecule has 0 aliphatic heterocycles. The molecule has 0 atom stereocenters. The highest BCUT2D eigenvalue weighted by atomic mass is 19.1. The molecule has 2 rings (SSSR count). The summed E-state index contributed by atoms with van der Waals surface area (Å²) in [5, 5.41) is 0. The highest BCUT2D eigenvalue weighted by Gasteiger charge is 2.29. The van der Waals surface area contributed by atoms with Gasteiger partial charge in [-0.2, -0.15) is 0 Å². The molecule has 0 saturated heterocycles. The molecular weight excluding hydrogens is 227 g/mol. The van der Waals surface area contributed by atoms with E-state index in [9.17, 15) is 4.39 Å². The molecule has 1 saturated carbocycles. The molecule has 18 heavy (non-hydrogen) atoms. The minimum Gasteiger partial charge on any atom is -0.399 e. The van der Waals surface area contributed by atoms with Crippen molar-refractivity contribution >= 4 is 5.69 Å². The average molecular weight is 250 g/mol. The van der Waals surface area contributed by atoms with E-state index in [4.69, 9.17) is 5.73 Å². The van der Waals surface area contributed by atoms with Crippen LogP contribution < -0.4 is 5.73 Å². The van der Waals surface area contributed by atoms with Crippen LogP contribution in [0.2, 0.25) is 0 Å². The molecule has 0 radical (unpaired) electrons. The number of nitrogen functional groups attached to an aromatic ring is 1. The van der Waals surface area contributed by atoms with Crippen LogP contribution in [0, 0.1) is 11.7 Å². The Bertz CT molecular complexity index is 399. The maximum Gasteiger partial charge on any atom is 0.129 e. The second kappa shape index (κ2) is 5.70. The molecule has 1 aromatic rings. The van der Waals surface area contributed by atoms with E-state index in [1.807, 2.05) is 6.07 Å². The first-order chi connectivity index (χ1) is 8.56. The van der Waals surface area contributed by atoms with Crippen molar-refractivity contribution in [2.75, 3.05) is 12.3 Å². The summed E-state index contributed by atoms with van der Waals surface area (Å²) in [5.74, 6) is 0.521. The van der Waals surface area contributed by atoms with Crippen molar-refractivity contribution in [3.8, 4) is 0 Å². The maximum atomic E-state index is 13.8. The summed E-state index contributed by atoms with van der Waals surface area (Å²) < 4.78 is 13.8. The van der Waals surface area contributed by atoms with Gasteiger partial charge in [0.15, 0.2) is 0 Å². The van der Waals surface area contributed by atoms with Gasteiger partial charge in [-0.3, -0.25) is 4.90 Å². The van der Waals surface area contributed by atoms with Gasteiger partial charge in [-0.05, 0) is 43.9 Å². The van der Waals surface area contributed by atoms with Crippen LogP contribution in [-0.2, 0) is 6.54 Å². The summed E-state index contributed by atoms with van der Waals surface area (Å²) in [7, 11) is 0. The minimum atomic E-state index is -0.176. The lowest BCUT2D eigenvalue weighted by molar-refractivity contribution is 0.236. The zero-order valence-corrected chi connectivity index (χ0v) is 11.3. The van der Waals surface area contributed by atoms with E-state index in [0.29, 0.717) is 24.2 Å². The molecule has 0 bridgehead atoms. The first kappa shape index (κ1) is 13.3. The second-order valence-corrected chi connectivity index (χ2v) is 5.74. The van der Waals surface area contributed by atoms with Gasteiger partial charge in [0.05, 0.1) is 0 Å². The Balaban J connectivity index is 1.99. The normalized spacial score (nSPS) is 15.6. The molecule has 1 aliphatic carbocycles. The number of rotatable bonds is 6. The summed E-state index contributed by atoms with van der Waals surface area (Å²) in [6.45, 7) is 6.24. The fourth-order valence-electron chi connectivity index (χ4n) is 2.17. The number of hydrogen-bond acceptors (Lipinski definition) is 2. The maximum absolute atomic E-state index is 13.8. The van der Waals surface area contributed by atoms with Crippen LogP contribution in [-0.4, -0.2) is 17.5 Å². The Hall–Kier alpha value is -1.09. The fraction of sp³-hybridized carbons (Fsp3) is 0.600. The number of nitrogens with two attached hydrogens (primary N) is 1. The van der Waals surface area contributed by atoms with Crippen molar-refractivity contribution in [1.82, 2.24) is 4.90 Å². The largest absolute Gasteiger partial charge is 0.399 e. The quantitative estimate of drug-likeness (QED) is 0.784. The average Bonchev–Trinajstić information content (AvgIpc) is 3.10. The molecule has 2 N–H and O–H groups in total. The van der Waals surface area contributed by atoms with Crippen molar-refractivity contribution in [3.05, 3.63) is 29.6 Å². The van der Waals surface area contributed by atoms with Gasteiger partial charge in [0.25, 0.3) is 0 Å². The summed E-state index contributed by atoms with van der Waals surface area (Å²) >= 11 is 0. The summed E-state index contributed by atoms with van der Waals surface area (Å²) in [6.07, 6.45) is 3.69. The van der Waals surface area contributed by atoms with E-state index in [-0.39, 0.29) is 5.82 Å². The Kier molecular flexibility index (Phi) is 4.23. The van der Waals surface area contributed by atoms with E-state index >= 15 is 0 Å². The van der Waals surface area contributed by atoms with Crippen LogP contribution in [0.5, 0.6) is 0 Å². The summed E-state index contributed by atoms with van der Waals surface area (Å²) in [6, 6.07) is 5.69. The van der Waals surface area contributed by atoms with E-state index in [1.54, 1.807) is 6.07 Å². The van der Waals surface area contributed by atoms with Crippen LogP contribution in [0.4, 0.5) is 10.1 Å². The topological polar surface area (TPSA) is 29.3 Å². The van der Waals surface area contributed by atoms with Crippen molar-refractivity contribution in [2.45, 2.75) is 45.7 Å². The summed E-state index contributed by atoms with van der Waals surface area (Å²) in [5.41, 5.74) is 6.84. The summed E-state index contributed by atoms with van der Waals surface area (Å²) in [4.78, 5) is 2.41. The highest BCUT2D eigenvalue weighted by Crippen LogP contribution is 2.29. The van der Waals surface area contributed by atoms with Crippen molar-refractivity contribution < 1.29 is 4.39 Å². The predicted molar refractivity (Wildman–Crippen MR) is 73.7 cm³/mol. The van der Waals surface area contributed by atoms with Crippen molar-refractivity contribution in [3.63, 3.8) is 0 Å². The molecule has 1 aliphatic rings. The van der Waals surface area contributed by atoms with Gasteiger partial charge in [0, 0.05) is 23.8 Å². The second-order valence-electron chi connectivity index (χ2n) is 5.74. The van der Waals surface area contributed by atoms with Crippen LogP contribution in [0.1, 0.15) is 38.7 Å². The molecule has 0 amide bonds. The van der Waals surface area contributed by atoms with Gasteiger partial charge in [-0.15, -0.1) is 0 Å². The lowest BCUT2D eigenvalue weighted by atomic mass is 10.1. The van der Waals surface area contributed by atoms with E-state index < -0.39 is 0 Å². The highest BCUT2D eigenvalue weighted by molar-refractivity contribution is 5.40. The third kappa shape index (κ3) is 3.70. The van der Waals surface area contributed by atoms with Gasteiger partial charge in [-0.1, -0.05) is 19.9 Å². The molecule has 2 nitrogen and oxygen atoms in total. The first-order valence-electron chi connectivity index (χ1n) is 6.84. The van der Waals surface area contributed by atoms with Crippen LogP contribution in [0.3, 0.4) is 0 Å². The standard InChI is InChI=1S/C15H23FN2/c1-11(2)7-8-18(14-5-6-14)10-12-3-4-13(17)9-15(12)16/h3-4,9,11,14H,5-8,10,17H2,1-2H3. The molecule has 1 fully saturated rings. The Morgan fingerprint density at radius 2 is 2.11 bits per heavy atom. The zero-order valence-electron chi connectivity index (χ0n) is 11.3. The monoisotopic (exact) mass is 250 g/mol. The Morgan fingerprint density at radius 1 is 1.39 bits per heavy atom. The van der Waals surface area contributed by atoms with Gasteiger partial charge in [0.1, 0.15) is 5.82 Å². The number of hydrogen-bond donors (Lipinski definition) is 1. The predicted octanol–water partition coefficient (Wildman–Crippen LogP) is 3.42. The molecule has 0 spiro atoms. The van der Waals surface area contributed by atoms with Crippen molar-refractivity contribution in [1.29, 1.82) is 0 Å². The van der Waals surface area contributed by atoms with Crippen LogP contribution >= 0.6 is 0 Å². The smallest absolute Gasteiger partial charge is 0.129 e. The number of anilines is 1. The molecule has 0 unspecified atom stereocenters. The minimum absolute atomic E-state index is 0.176. The zero-order chi connectivity index (χ0) is 13.1. The van der Waals surface area contributed by atoms with E-state index in [1.165, 1.54) is 25.3 Å². The lowest BCUT2D eigenvalue weighted by Crippen LogP contribution is -2.28. The Morgan fingerprint density at radius 3 is 2.67 bits per heavy atom. The van der Waals surface area contributed by atoms with Gasteiger partial charge < -0.3 is 5.73 Å². The van der Waals surface area contributed by atoms with E-state index in [0.717, 1.165) is 12.1 Å². The van der Waals surface area contributed by atoms with E-state index in [2.05, 4.69) is 18.7 Å². The number of benzene rings is 1. The molecule has 100 valence electrons. The van der Waals surface area contributed by atoms with Crippen molar-refractivity contribution in [2.24, 2.45) is 5.92 Å². The third-order valence-corrected chi connectivity index (χ3v) is 3.51. The molecular formula is C15H23FN2. The molecule has 0 aromatic heterocycles. The third-order valence-electron chi connectivity index (χ3n) is 3.51. The molecule has 3 heteroatoms. The fourth-order valence-corrected chi connectivity index (χ4v) is 2.17. The number of halogens is 1. The number of nitrogens with zero attached hydrogens (tertiary/aromatic N) is 1.